The lowest BCUT2D eigenvalue weighted by atomic mass is 9.92. The third-order valence-corrected chi connectivity index (χ3v) is 4.81. The fraction of sp³-hybridized carbons (Fsp3) is 0.304. The lowest BCUT2D eigenvalue weighted by Crippen LogP contribution is -2.45. The molecule has 10 heteroatoms. The van der Waals surface area contributed by atoms with Gasteiger partial charge < -0.3 is 24.8 Å². The minimum atomic E-state index is -1.03. The summed E-state index contributed by atoms with van der Waals surface area (Å²) >= 11 is 0. The number of benzene rings is 2. The first kappa shape index (κ1) is 23.6. The Hall–Kier alpha value is -4.08. The molecular weight excluding hydrogens is 430 g/mol. The first-order valence-electron chi connectivity index (χ1n) is 10.5. The molecule has 0 spiro atoms. The topological polar surface area (TPSA) is 129 Å². The Morgan fingerprint density at radius 2 is 1.76 bits per heavy atom. The van der Waals surface area contributed by atoms with Gasteiger partial charge in [0.25, 0.3) is 0 Å². The van der Waals surface area contributed by atoms with Crippen LogP contribution in [0, 0.1) is 10.1 Å². The van der Waals surface area contributed by atoms with E-state index in [4.69, 9.17) is 14.2 Å². The Morgan fingerprint density at radius 1 is 1.06 bits per heavy atom. The number of ether oxygens (including phenoxy) is 3. The summed E-state index contributed by atoms with van der Waals surface area (Å²) in [5, 5.41) is 17.2. The summed E-state index contributed by atoms with van der Waals surface area (Å²) in [6.45, 7) is 5.63. The highest BCUT2D eigenvalue weighted by Crippen LogP contribution is 2.42. The zero-order valence-corrected chi connectivity index (χ0v) is 18.5. The van der Waals surface area contributed by atoms with Crippen molar-refractivity contribution in [1.29, 1.82) is 0 Å². The summed E-state index contributed by atoms with van der Waals surface area (Å²) in [6, 6.07) is 10.0. The van der Waals surface area contributed by atoms with Gasteiger partial charge in [-0.05, 0) is 38.0 Å². The Bertz CT molecular complexity index is 1080. The third-order valence-electron chi connectivity index (χ3n) is 4.81. The lowest BCUT2D eigenvalue weighted by Gasteiger charge is -2.30. The maximum Gasteiger partial charge on any atom is 0.338 e. The molecule has 2 N–H and O–H groups in total. The quantitative estimate of drug-likeness (QED) is 0.335. The van der Waals surface area contributed by atoms with Crippen molar-refractivity contribution < 1.29 is 28.7 Å². The van der Waals surface area contributed by atoms with E-state index in [2.05, 4.69) is 10.6 Å². The van der Waals surface area contributed by atoms with Gasteiger partial charge in [-0.15, -0.1) is 0 Å². The summed E-state index contributed by atoms with van der Waals surface area (Å²) in [4.78, 5) is 36.8. The Morgan fingerprint density at radius 3 is 2.36 bits per heavy atom. The van der Waals surface area contributed by atoms with Crippen LogP contribution in [0.4, 0.5) is 10.5 Å². The highest BCUT2D eigenvalue weighted by molar-refractivity contribution is 6.04. The number of nitrogens with zero attached hydrogens (tertiary/aromatic N) is 1. The Labute approximate surface area is 190 Å². The van der Waals surface area contributed by atoms with Gasteiger partial charge in [0.05, 0.1) is 42.1 Å². The second kappa shape index (κ2) is 10.5. The van der Waals surface area contributed by atoms with Crippen LogP contribution >= 0.6 is 0 Å². The van der Waals surface area contributed by atoms with Gasteiger partial charge in [0.2, 0.25) is 5.75 Å². The summed E-state index contributed by atoms with van der Waals surface area (Å²) in [5.74, 6) is -0.539. The van der Waals surface area contributed by atoms with E-state index in [1.807, 2.05) is 0 Å². The fourth-order valence-electron chi connectivity index (χ4n) is 3.54. The Kier molecular flexibility index (Phi) is 7.50. The van der Waals surface area contributed by atoms with Crippen molar-refractivity contribution in [3.63, 3.8) is 0 Å². The molecule has 1 heterocycles. The average molecular weight is 455 g/mol. The summed E-state index contributed by atoms with van der Waals surface area (Å²) < 4.78 is 16.3. The minimum absolute atomic E-state index is 0.0155. The molecule has 1 unspecified atom stereocenters. The molecule has 1 aliphatic heterocycles. The summed E-state index contributed by atoms with van der Waals surface area (Å²) in [7, 11) is 0. The van der Waals surface area contributed by atoms with Crippen molar-refractivity contribution in [2.45, 2.75) is 26.8 Å². The number of nitro groups is 1. The standard InChI is InChI=1S/C23H25N3O7/c1-4-31-17-13-15(12-16(26(29)30)21(17)32-5-2)20-18(22(27)33-6-3)19(24-23(28)25-20)14-10-8-7-9-11-14/h7-13,20H,4-6H2,1-3H3,(H2,24,25,28). The van der Waals surface area contributed by atoms with Crippen LogP contribution in [0.1, 0.15) is 37.9 Å². The zero-order valence-electron chi connectivity index (χ0n) is 18.5. The SMILES string of the molecule is CCOC(=O)C1=C(c2ccccc2)NC(=O)NC1c1cc(OCC)c(OCC)c([N+](=O)[O-])c1. The smallest absolute Gasteiger partial charge is 0.338 e. The van der Waals surface area contributed by atoms with Crippen LogP contribution in [0.2, 0.25) is 0 Å². The van der Waals surface area contributed by atoms with E-state index in [-0.39, 0.29) is 53.8 Å². The normalized spacial score (nSPS) is 15.4. The summed E-state index contributed by atoms with van der Waals surface area (Å²) in [6.07, 6.45) is 0. The maximum atomic E-state index is 13.0. The van der Waals surface area contributed by atoms with Crippen LogP contribution in [-0.4, -0.2) is 36.7 Å². The van der Waals surface area contributed by atoms with Crippen molar-refractivity contribution in [2.75, 3.05) is 19.8 Å². The van der Waals surface area contributed by atoms with Crippen molar-refractivity contribution in [2.24, 2.45) is 0 Å². The maximum absolute atomic E-state index is 13.0. The molecular formula is C23H25N3O7. The number of hydrogen-bond donors (Lipinski definition) is 2. The van der Waals surface area contributed by atoms with Crippen LogP contribution in [0.25, 0.3) is 5.70 Å². The van der Waals surface area contributed by atoms with Gasteiger partial charge in [-0.1, -0.05) is 30.3 Å². The van der Waals surface area contributed by atoms with Gasteiger partial charge in [0, 0.05) is 6.07 Å². The van der Waals surface area contributed by atoms with Crippen molar-refractivity contribution in [3.8, 4) is 11.5 Å². The molecule has 2 aromatic rings. The molecule has 1 atom stereocenters. The number of amides is 2. The zero-order chi connectivity index (χ0) is 24.0. The molecule has 0 saturated carbocycles. The monoisotopic (exact) mass is 455 g/mol. The molecule has 2 amide bonds. The van der Waals surface area contributed by atoms with Crippen molar-refractivity contribution >= 4 is 23.4 Å². The number of rotatable bonds is 9. The average Bonchev–Trinajstić information content (AvgIpc) is 2.80. The molecule has 2 aromatic carbocycles. The van der Waals surface area contributed by atoms with Gasteiger partial charge >= 0.3 is 17.7 Å². The van der Waals surface area contributed by atoms with E-state index in [0.29, 0.717) is 5.56 Å². The van der Waals surface area contributed by atoms with Crippen LogP contribution < -0.4 is 20.1 Å². The van der Waals surface area contributed by atoms with Crippen molar-refractivity contribution in [3.05, 3.63) is 69.3 Å². The number of carbonyl (C=O) groups is 2. The van der Waals surface area contributed by atoms with Gasteiger partial charge in [0.15, 0.2) is 5.75 Å². The highest BCUT2D eigenvalue weighted by atomic mass is 16.6. The second-order valence-corrected chi connectivity index (χ2v) is 6.90. The molecule has 10 nitrogen and oxygen atoms in total. The molecule has 0 saturated heterocycles. The lowest BCUT2D eigenvalue weighted by molar-refractivity contribution is -0.386. The molecule has 0 aliphatic carbocycles. The van der Waals surface area contributed by atoms with Gasteiger partial charge in [-0.25, -0.2) is 9.59 Å². The van der Waals surface area contributed by atoms with Gasteiger partial charge in [-0.3, -0.25) is 10.1 Å². The van der Waals surface area contributed by atoms with E-state index < -0.39 is 23.0 Å². The minimum Gasteiger partial charge on any atom is -0.490 e. The number of carbonyl (C=O) groups excluding carboxylic acids is 2. The molecule has 174 valence electrons. The molecule has 0 radical (unpaired) electrons. The largest absolute Gasteiger partial charge is 0.490 e. The van der Waals surface area contributed by atoms with Crippen LogP contribution in [0.15, 0.2) is 48.0 Å². The summed E-state index contributed by atoms with van der Waals surface area (Å²) in [5.41, 5.74) is 0.904. The second-order valence-electron chi connectivity index (χ2n) is 6.90. The van der Waals surface area contributed by atoms with E-state index in [1.165, 1.54) is 12.1 Å². The van der Waals surface area contributed by atoms with Crippen LogP contribution in [0.3, 0.4) is 0 Å². The third kappa shape index (κ3) is 5.05. The molecule has 3 rings (SSSR count). The molecule has 33 heavy (non-hydrogen) atoms. The first-order chi connectivity index (χ1) is 15.9. The molecule has 0 aromatic heterocycles. The van der Waals surface area contributed by atoms with E-state index in [0.717, 1.165) is 0 Å². The first-order valence-corrected chi connectivity index (χ1v) is 10.5. The van der Waals surface area contributed by atoms with E-state index >= 15 is 0 Å². The fourth-order valence-corrected chi connectivity index (χ4v) is 3.54. The number of hydrogen-bond acceptors (Lipinski definition) is 7. The predicted octanol–water partition coefficient (Wildman–Crippen LogP) is 3.72. The van der Waals surface area contributed by atoms with Crippen LogP contribution in [0.5, 0.6) is 11.5 Å². The van der Waals surface area contributed by atoms with Gasteiger partial charge in [-0.2, -0.15) is 0 Å². The van der Waals surface area contributed by atoms with Gasteiger partial charge in [0.1, 0.15) is 0 Å². The molecule has 0 bridgehead atoms. The Balaban J connectivity index is 2.27. The molecule has 1 aliphatic rings. The van der Waals surface area contributed by atoms with Crippen molar-refractivity contribution in [1.82, 2.24) is 10.6 Å². The van der Waals surface area contributed by atoms with E-state index in [1.54, 1.807) is 51.1 Å². The van der Waals surface area contributed by atoms with E-state index in [9.17, 15) is 19.7 Å². The number of nitro benzene ring substituents is 1. The number of esters is 1. The van der Waals surface area contributed by atoms with Crippen LogP contribution in [-0.2, 0) is 9.53 Å². The number of urea groups is 1. The molecule has 0 fully saturated rings. The predicted molar refractivity (Wildman–Crippen MR) is 120 cm³/mol. The highest BCUT2D eigenvalue weighted by Gasteiger charge is 2.36. The number of nitrogens with one attached hydrogen (secondary N) is 2.